The number of nitrogens with zero attached hydrogens (tertiary/aromatic N) is 2. The molecule has 2 fully saturated rings. The van der Waals surface area contributed by atoms with Gasteiger partial charge in [0, 0.05) is 30.1 Å². The number of piperidine rings is 1. The number of likely N-dealkylation sites (tertiary alicyclic amines) is 1. The van der Waals surface area contributed by atoms with Crippen molar-refractivity contribution < 1.29 is 4.79 Å². The van der Waals surface area contributed by atoms with Gasteiger partial charge < -0.3 is 16.0 Å². The number of carbonyl (C=O) groups is 1. The molecule has 1 saturated carbocycles. The van der Waals surface area contributed by atoms with Crippen LogP contribution in [0.25, 0.3) is 0 Å². The zero-order valence-corrected chi connectivity index (χ0v) is 21.5. The van der Waals surface area contributed by atoms with E-state index in [4.69, 9.17) is 0 Å². The lowest BCUT2D eigenvalue weighted by Gasteiger charge is -2.39. The van der Waals surface area contributed by atoms with Crippen LogP contribution < -0.4 is 16.0 Å². The predicted molar refractivity (Wildman–Crippen MR) is 137 cm³/mol. The number of halogens is 1. The van der Waals surface area contributed by atoms with Gasteiger partial charge >= 0.3 is 0 Å². The molecular weight excluding hydrogens is 509 g/mol. The van der Waals surface area contributed by atoms with E-state index >= 15 is 0 Å². The summed E-state index contributed by atoms with van der Waals surface area (Å²) in [5, 5.41) is 12.1. The second kappa shape index (κ2) is 13.5. The lowest BCUT2D eigenvalue weighted by Crippen LogP contribution is -2.45. The minimum absolute atomic E-state index is 0. The van der Waals surface area contributed by atoms with Gasteiger partial charge in [-0.15, -0.1) is 35.3 Å². The van der Waals surface area contributed by atoms with E-state index in [9.17, 15) is 4.79 Å². The van der Waals surface area contributed by atoms with Crippen LogP contribution in [0.2, 0.25) is 0 Å². The third kappa shape index (κ3) is 7.67. The summed E-state index contributed by atoms with van der Waals surface area (Å²) in [7, 11) is 2.23. The Balaban J connectivity index is 0.00000320. The number of nitrogens with one attached hydrogen (secondary N) is 3. The molecule has 3 N–H and O–H groups in total. The van der Waals surface area contributed by atoms with Gasteiger partial charge in [-0.05, 0) is 63.6 Å². The average molecular weight is 548 g/mol. The van der Waals surface area contributed by atoms with Crippen molar-refractivity contribution in [3.8, 4) is 0 Å². The number of rotatable bonds is 7. The maximum Gasteiger partial charge on any atom is 0.242 e. The van der Waals surface area contributed by atoms with Crippen molar-refractivity contribution in [1.82, 2.24) is 20.9 Å². The van der Waals surface area contributed by atoms with Crippen molar-refractivity contribution in [3.63, 3.8) is 0 Å². The van der Waals surface area contributed by atoms with Gasteiger partial charge in [0.25, 0.3) is 0 Å². The lowest BCUT2D eigenvalue weighted by atomic mass is 9.88. The molecule has 8 heteroatoms. The Bertz CT molecular complexity index is 648. The van der Waals surface area contributed by atoms with Crippen molar-refractivity contribution >= 4 is 47.2 Å². The molecular formula is C22H38IN5OS. The highest BCUT2D eigenvalue weighted by molar-refractivity contribution is 14.0. The molecule has 1 aliphatic heterocycles. The number of guanidine groups is 1. The van der Waals surface area contributed by atoms with Crippen LogP contribution in [0.5, 0.6) is 0 Å². The van der Waals surface area contributed by atoms with E-state index < -0.39 is 0 Å². The summed E-state index contributed by atoms with van der Waals surface area (Å²) in [5.41, 5.74) is 0. The van der Waals surface area contributed by atoms with Gasteiger partial charge in [-0.3, -0.25) is 9.69 Å². The Morgan fingerprint density at radius 1 is 1.20 bits per heavy atom. The van der Waals surface area contributed by atoms with Crippen LogP contribution in [0.1, 0.15) is 62.8 Å². The molecule has 3 rings (SSSR count). The molecule has 1 aromatic heterocycles. The van der Waals surface area contributed by atoms with E-state index in [1.807, 2.05) is 11.3 Å². The first kappa shape index (κ1) is 25.4. The van der Waals surface area contributed by atoms with Gasteiger partial charge in [-0.1, -0.05) is 25.3 Å². The van der Waals surface area contributed by atoms with Crippen LogP contribution in [0.4, 0.5) is 0 Å². The highest BCUT2D eigenvalue weighted by Gasteiger charge is 2.31. The number of amides is 1. The predicted octanol–water partition coefficient (Wildman–Crippen LogP) is 3.75. The molecule has 0 bridgehead atoms. The average Bonchev–Trinajstić information content (AvgIpc) is 3.25. The van der Waals surface area contributed by atoms with Crippen molar-refractivity contribution in [2.45, 2.75) is 64.0 Å². The Morgan fingerprint density at radius 2 is 2.00 bits per heavy atom. The van der Waals surface area contributed by atoms with Gasteiger partial charge in [0.05, 0.1) is 0 Å². The SMILES string of the molecule is CCNC(=NCC(=O)NC1CCCCC1)NCC1CCCN(C)C1c1cccs1.I. The van der Waals surface area contributed by atoms with Crippen molar-refractivity contribution in [1.29, 1.82) is 0 Å². The Morgan fingerprint density at radius 3 is 2.70 bits per heavy atom. The molecule has 1 saturated heterocycles. The fraction of sp³-hybridized carbons (Fsp3) is 0.727. The van der Waals surface area contributed by atoms with Gasteiger partial charge in [-0.25, -0.2) is 4.99 Å². The first-order chi connectivity index (χ1) is 14.2. The van der Waals surface area contributed by atoms with E-state index in [0.29, 0.717) is 18.0 Å². The molecule has 1 aliphatic carbocycles. The summed E-state index contributed by atoms with van der Waals surface area (Å²) in [6.07, 6.45) is 8.38. The summed E-state index contributed by atoms with van der Waals surface area (Å²) in [4.78, 5) is 20.8. The zero-order valence-electron chi connectivity index (χ0n) is 18.4. The second-order valence-corrected chi connectivity index (χ2v) is 9.30. The maximum absolute atomic E-state index is 12.3. The van der Waals surface area contributed by atoms with E-state index in [2.05, 4.69) is 57.3 Å². The minimum atomic E-state index is 0. The molecule has 2 unspecified atom stereocenters. The standard InChI is InChI=1S/C22H37N5OS.HI/c1-3-23-22(25-16-20(28)26-18-10-5-4-6-11-18)24-15-17-9-7-13-27(2)21(17)19-12-8-14-29-19;/h8,12,14,17-18,21H,3-7,9-11,13,15-16H2,1-2H3,(H,26,28)(H2,23,24,25);1H. The first-order valence-electron chi connectivity index (χ1n) is 11.2. The number of hydrogen-bond acceptors (Lipinski definition) is 4. The monoisotopic (exact) mass is 547 g/mol. The van der Waals surface area contributed by atoms with Crippen molar-refractivity contribution in [3.05, 3.63) is 22.4 Å². The van der Waals surface area contributed by atoms with Gasteiger partial charge in [0.1, 0.15) is 6.54 Å². The quantitative estimate of drug-likeness (QED) is 0.277. The molecule has 2 atom stereocenters. The van der Waals surface area contributed by atoms with E-state index in [1.54, 1.807) is 0 Å². The molecule has 1 amide bonds. The smallest absolute Gasteiger partial charge is 0.242 e. The Kier molecular flexibility index (Phi) is 11.4. The van der Waals surface area contributed by atoms with Crippen LogP contribution in [-0.2, 0) is 4.79 Å². The number of aliphatic imine (C=N–C) groups is 1. The third-order valence-electron chi connectivity index (χ3n) is 6.07. The topological polar surface area (TPSA) is 68.8 Å². The summed E-state index contributed by atoms with van der Waals surface area (Å²) < 4.78 is 0. The number of carbonyl (C=O) groups excluding carboxylic acids is 1. The molecule has 30 heavy (non-hydrogen) atoms. The first-order valence-corrected chi connectivity index (χ1v) is 12.1. The largest absolute Gasteiger partial charge is 0.357 e. The molecule has 1 aromatic rings. The molecule has 0 radical (unpaired) electrons. The molecule has 0 aromatic carbocycles. The van der Waals surface area contributed by atoms with Crippen LogP contribution in [-0.4, -0.2) is 56.0 Å². The minimum Gasteiger partial charge on any atom is -0.357 e. The fourth-order valence-corrected chi connectivity index (χ4v) is 5.61. The Labute approximate surface area is 202 Å². The summed E-state index contributed by atoms with van der Waals surface area (Å²) in [6, 6.07) is 5.18. The molecule has 0 spiro atoms. The van der Waals surface area contributed by atoms with Crippen LogP contribution in [0.15, 0.2) is 22.5 Å². The fourth-order valence-electron chi connectivity index (χ4n) is 4.62. The second-order valence-electron chi connectivity index (χ2n) is 8.32. The number of hydrogen-bond donors (Lipinski definition) is 3. The van der Waals surface area contributed by atoms with E-state index in [-0.39, 0.29) is 36.4 Å². The lowest BCUT2D eigenvalue weighted by molar-refractivity contribution is -0.120. The van der Waals surface area contributed by atoms with Crippen LogP contribution >= 0.6 is 35.3 Å². The summed E-state index contributed by atoms with van der Waals surface area (Å²) in [6.45, 7) is 5.04. The van der Waals surface area contributed by atoms with Gasteiger partial charge in [-0.2, -0.15) is 0 Å². The molecule has 2 heterocycles. The summed E-state index contributed by atoms with van der Waals surface area (Å²) in [5.74, 6) is 1.31. The van der Waals surface area contributed by atoms with Crippen molar-refractivity contribution in [2.24, 2.45) is 10.9 Å². The van der Waals surface area contributed by atoms with Crippen LogP contribution in [0.3, 0.4) is 0 Å². The highest BCUT2D eigenvalue weighted by Crippen LogP contribution is 2.36. The molecule has 170 valence electrons. The maximum atomic E-state index is 12.3. The van der Waals surface area contributed by atoms with E-state index in [0.717, 1.165) is 38.4 Å². The normalized spacial score (nSPS) is 23.5. The highest BCUT2D eigenvalue weighted by atomic mass is 127. The van der Waals surface area contributed by atoms with Crippen molar-refractivity contribution in [2.75, 3.05) is 33.2 Å². The summed E-state index contributed by atoms with van der Waals surface area (Å²) >= 11 is 1.84. The van der Waals surface area contributed by atoms with Gasteiger partial charge in [0.2, 0.25) is 5.91 Å². The number of thiophene rings is 1. The zero-order chi connectivity index (χ0) is 20.5. The molecule has 6 nitrogen and oxygen atoms in total. The van der Waals surface area contributed by atoms with Crippen LogP contribution in [0, 0.1) is 5.92 Å². The third-order valence-corrected chi connectivity index (χ3v) is 7.01. The molecule has 2 aliphatic rings. The van der Waals surface area contributed by atoms with E-state index in [1.165, 1.54) is 37.0 Å². The Hall–Kier alpha value is -0.870. The van der Waals surface area contributed by atoms with Gasteiger partial charge in [0.15, 0.2) is 5.96 Å².